The van der Waals surface area contributed by atoms with Gasteiger partial charge in [0.2, 0.25) is 0 Å². The molecular weight excluding hydrogens is 308 g/mol. The van der Waals surface area contributed by atoms with Crippen LogP contribution in [0, 0.1) is 0 Å². The Morgan fingerprint density at radius 3 is 1.30 bits per heavy atom. The van der Waals surface area contributed by atoms with Crippen LogP contribution in [0.15, 0.2) is 0 Å². The van der Waals surface area contributed by atoms with Gasteiger partial charge in [-0.25, -0.2) is 17.6 Å². The molecule has 0 rings (SSSR count). The lowest BCUT2D eigenvalue weighted by molar-refractivity contribution is -0.182. The van der Waals surface area contributed by atoms with E-state index in [1.807, 2.05) is 0 Å². The molecule has 11 heteroatoms. The molecule has 20 heavy (non-hydrogen) atoms. The van der Waals surface area contributed by atoms with Crippen LogP contribution in [0.3, 0.4) is 0 Å². The SMILES string of the molecule is OC(COCC(F)(F)C(F)F)COCC(F)(F)C(F)F. The first-order valence-electron chi connectivity index (χ1n) is 5.14. The highest BCUT2D eigenvalue weighted by atomic mass is 19.3. The molecule has 0 aromatic rings. The molecule has 0 saturated carbocycles. The predicted octanol–water partition coefficient (Wildman–Crippen LogP) is 2.18. The number of hydrogen-bond donors (Lipinski definition) is 1. The van der Waals surface area contributed by atoms with Gasteiger partial charge in [-0.1, -0.05) is 0 Å². The fourth-order valence-electron chi connectivity index (χ4n) is 0.836. The Kier molecular flexibility index (Phi) is 7.66. The number of aliphatic hydroxyl groups is 1. The minimum Gasteiger partial charge on any atom is -0.388 e. The summed E-state index contributed by atoms with van der Waals surface area (Å²) in [6.07, 6.45) is -9.61. The third kappa shape index (κ3) is 7.20. The Bertz CT molecular complexity index is 248. The Morgan fingerprint density at radius 2 is 1.05 bits per heavy atom. The monoisotopic (exact) mass is 320 g/mol. The summed E-state index contributed by atoms with van der Waals surface area (Å²) in [5, 5.41) is 9.01. The zero-order chi connectivity index (χ0) is 16.0. The second kappa shape index (κ2) is 7.93. The van der Waals surface area contributed by atoms with Gasteiger partial charge in [0.05, 0.1) is 13.2 Å². The molecule has 0 heterocycles. The molecule has 0 fully saturated rings. The zero-order valence-corrected chi connectivity index (χ0v) is 9.85. The summed E-state index contributed by atoms with van der Waals surface area (Å²) in [6, 6.07) is 0. The van der Waals surface area contributed by atoms with Gasteiger partial charge < -0.3 is 14.6 Å². The molecule has 0 unspecified atom stereocenters. The maximum Gasteiger partial charge on any atom is 0.330 e. The molecule has 0 aliphatic carbocycles. The highest BCUT2D eigenvalue weighted by Crippen LogP contribution is 2.23. The van der Waals surface area contributed by atoms with Gasteiger partial charge in [-0.3, -0.25) is 0 Å². The van der Waals surface area contributed by atoms with E-state index in [1.165, 1.54) is 0 Å². The van der Waals surface area contributed by atoms with E-state index < -0.39 is 57.2 Å². The van der Waals surface area contributed by atoms with E-state index in [0.717, 1.165) is 0 Å². The summed E-state index contributed by atoms with van der Waals surface area (Å²) in [4.78, 5) is 0. The first kappa shape index (κ1) is 19.3. The van der Waals surface area contributed by atoms with Crippen molar-refractivity contribution in [2.75, 3.05) is 26.4 Å². The first-order chi connectivity index (χ1) is 8.99. The molecule has 0 spiro atoms. The smallest absolute Gasteiger partial charge is 0.330 e. The Labute approximate surface area is 108 Å². The summed E-state index contributed by atoms with van der Waals surface area (Å²) in [5.74, 6) is -8.83. The van der Waals surface area contributed by atoms with Crippen LogP contribution in [0.4, 0.5) is 35.1 Å². The van der Waals surface area contributed by atoms with Gasteiger partial charge >= 0.3 is 24.7 Å². The first-order valence-corrected chi connectivity index (χ1v) is 5.14. The summed E-state index contributed by atoms with van der Waals surface area (Å²) < 4.78 is 104. The third-order valence-electron chi connectivity index (χ3n) is 1.85. The van der Waals surface area contributed by atoms with Crippen molar-refractivity contribution < 1.29 is 49.7 Å². The predicted molar refractivity (Wildman–Crippen MR) is 49.5 cm³/mol. The molecule has 0 bridgehead atoms. The van der Waals surface area contributed by atoms with Crippen LogP contribution in [0.1, 0.15) is 0 Å². The van der Waals surface area contributed by atoms with Crippen molar-refractivity contribution >= 4 is 0 Å². The van der Waals surface area contributed by atoms with Crippen LogP contribution in [0.5, 0.6) is 0 Å². The molecule has 0 aliphatic heterocycles. The highest BCUT2D eigenvalue weighted by Gasteiger charge is 2.42. The van der Waals surface area contributed by atoms with Crippen molar-refractivity contribution in [3.63, 3.8) is 0 Å². The molecule has 0 radical (unpaired) electrons. The van der Waals surface area contributed by atoms with Gasteiger partial charge in [0.25, 0.3) is 0 Å². The number of aliphatic hydroxyl groups excluding tert-OH is 1. The summed E-state index contributed by atoms with van der Waals surface area (Å²) in [7, 11) is 0. The highest BCUT2D eigenvalue weighted by molar-refractivity contribution is 4.69. The lowest BCUT2D eigenvalue weighted by Gasteiger charge is -2.18. The Hall–Kier alpha value is -0.680. The standard InChI is InChI=1S/C9H12F8O3/c10-6(11)8(14,15)3-19-1-5(18)2-20-4-9(16,17)7(12)13/h5-7,18H,1-4H2. The van der Waals surface area contributed by atoms with E-state index >= 15 is 0 Å². The van der Waals surface area contributed by atoms with Crippen LogP contribution < -0.4 is 0 Å². The van der Waals surface area contributed by atoms with Gasteiger partial charge in [-0.15, -0.1) is 0 Å². The van der Waals surface area contributed by atoms with E-state index in [4.69, 9.17) is 5.11 Å². The number of ether oxygens (including phenoxy) is 2. The van der Waals surface area contributed by atoms with Gasteiger partial charge in [0, 0.05) is 0 Å². The summed E-state index contributed by atoms with van der Waals surface area (Å²) in [6.45, 7) is -5.17. The van der Waals surface area contributed by atoms with Crippen molar-refractivity contribution in [3.05, 3.63) is 0 Å². The van der Waals surface area contributed by atoms with Gasteiger partial charge in [-0.05, 0) is 0 Å². The number of hydrogen-bond acceptors (Lipinski definition) is 3. The molecular formula is C9H12F8O3. The normalized spacial score (nSPS) is 13.8. The topological polar surface area (TPSA) is 38.7 Å². The molecule has 0 aliphatic rings. The van der Waals surface area contributed by atoms with Crippen LogP contribution in [-0.2, 0) is 9.47 Å². The molecule has 0 aromatic carbocycles. The maximum atomic E-state index is 12.3. The van der Waals surface area contributed by atoms with E-state index in [9.17, 15) is 35.1 Å². The molecule has 0 saturated heterocycles. The van der Waals surface area contributed by atoms with Crippen LogP contribution in [0.25, 0.3) is 0 Å². The van der Waals surface area contributed by atoms with Crippen molar-refractivity contribution in [3.8, 4) is 0 Å². The second-order valence-electron chi connectivity index (χ2n) is 3.81. The minimum absolute atomic E-state index is 0.900. The summed E-state index contributed by atoms with van der Waals surface area (Å²) in [5.41, 5.74) is 0. The third-order valence-corrected chi connectivity index (χ3v) is 1.85. The average molecular weight is 320 g/mol. The van der Waals surface area contributed by atoms with Crippen LogP contribution in [0.2, 0.25) is 0 Å². The van der Waals surface area contributed by atoms with Crippen molar-refractivity contribution in [2.24, 2.45) is 0 Å². The molecule has 3 nitrogen and oxygen atoms in total. The second-order valence-corrected chi connectivity index (χ2v) is 3.81. The molecule has 0 aromatic heterocycles. The minimum atomic E-state index is -4.41. The average Bonchev–Trinajstić information content (AvgIpc) is 2.27. The lowest BCUT2D eigenvalue weighted by atomic mass is 10.3. The summed E-state index contributed by atoms with van der Waals surface area (Å²) >= 11 is 0. The van der Waals surface area contributed by atoms with E-state index in [2.05, 4.69) is 9.47 Å². The molecule has 0 atom stereocenters. The van der Waals surface area contributed by atoms with Gasteiger partial charge in [0.1, 0.15) is 19.3 Å². The van der Waals surface area contributed by atoms with Crippen molar-refractivity contribution in [1.29, 1.82) is 0 Å². The fraction of sp³-hybridized carbons (Fsp3) is 1.00. The quantitative estimate of drug-likeness (QED) is 0.627. The lowest BCUT2D eigenvalue weighted by Crippen LogP contribution is -2.36. The number of halogens is 8. The van der Waals surface area contributed by atoms with E-state index in [1.54, 1.807) is 0 Å². The maximum absolute atomic E-state index is 12.3. The van der Waals surface area contributed by atoms with Crippen LogP contribution in [-0.4, -0.2) is 62.3 Å². The van der Waals surface area contributed by atoms with Crippen molar-refractivity contribution in [2.45, 2.75) is 30.8 Å². The molecule has 122 valence electrons. The number of alkyl halides is 8. The van der Waals surface area contributed by atoms with E-state index in [0.29, 0.717) is 0 Å². The van der Waals surface area contributed by atoms with Gasteiger partial charge in [0.15, 0.2) is 0 Å². The zero-order valence-electron chi connectivity index (χ0n) is 9.85. The van der Waals surface area contributed by atoms with E-state index in [-0.39, 0.29) is 0 Å². The number of rotatable bonds is 10. The van der Waals surface area contributed by atoms with Gasteiger partial charge in [-0.2, -0.15) is 17.6 Å². The fourth-order valence-corrected chi connectivity index (χ4v) is 0.836. The Morgan fingerprint density at radius 1 is 0.750 bits per heavy atom. The Balaban J connectivity index is 3.83. The van der Waals surface area contributed by atoms with Crippen molar-refractivity contribution in [1.82, 2.24) is 0 Å². The molecule has 1 N–H and O–H groups in total. The molecule has 0 amide bonds. The largest absolute Gasteiger partial charge is 0.388 e. The van der Waals surface area contributed by atoms with Crippen LogP contribution >= 0.6 is 0 Å².